The summed E-state index contributed by atoms with van der Waals surface area (Å²) in [5.74, 6) is -1.34. The number of alkyl halides is 2. The molecule has 128 valence electrons. The molecule has 1 fully saturated rings. The summed E-state index contributed by atoms with van der Waals surface area (Å²) >= 11 is 5.79. The van der Waals surface area contributed by atoms with Crippen LogP contribution in [0.2, 0.25) is 5.15 Å². The first-order valence-corrected chi connectivity index (χ1v) is 8.18. The van der Waals surface area contributed by atoms with Gasteiger partial charge in [-0.15, -0.1) is 0 Å². The fourth-order valence-corrected chi connectivity index (χ4v) is 2.91. The molecule has 0 radical (unpaired) electrons. The van der Waals surface area contributed by atoms with Gasteiger partial charge in [0.05, 0.1) is 11.9 Å². The Morgan fingerprint density at radius 1 is 1.12 bits per heavy atom. The fraction of sp³-hybridized carbons (Fsp3) is 0.222. The zero-order valence-electron chi connectivity index (χ0n) is 13.0. The Balaban J connectivity index is 1.56. The van der Waals surface area contributed by atoms with Gasteiger partial charge in [-0.25, -0.2) is 18.7 Å². The third-order valence-corrected chi connectivity index (χ3v) is 4.30. The molecule has 2 heterocycles. The van der Waals surface area contributed by atoms with Crippen molar-refractivity contribution < 1.29 is 13.5 Å². The minimum atomic E-state index is -2.59. The lowest BCUT2D eigenvalue weighted by molar-refractivity contribution is -0.134. The molecule has 0 spiro atoms. The van der Waals surface area contributed by atoms with Crippen LogP contribution in [-0.4, -0.2) is 22.0 Å². The lowest BCUT2D eigenvalue weighted by Crippen LogP contribution is -2.43. The van der Waals surface area contributed by atoms with Gasteiger partial charge in [-0.1, -0.05) is 11.6 Å². The van der Waals surface area contributed by atoms with Crippen LogP contribution in [0.25, 0.3) is 10.8 Å². The second-order valence-electron chi connectivity index (χ2n) is 6.04. The number of ether oxygens (including phenoxy) is 1. The average molecular weight is 362 g/mol. The van der Waals surface area contributed by atoms with Crippen LogP contribution in [0.4, 0.5) is 20.3 Å². The van der Waals surface area contributed by atoms with Crippen molar-refractivity contribution in [3.05, 3.63) is 53.9 Å². The molecule has 0 saturated heterocycles. The van der Waals surface area contributed by atoms with Crippen LogP contribution in [-0.2, 0) is 0 Å². The van der Waals surface area contributed by atoms with E-state index in [0.29, 0.717) is 16.7 Å². The monoisotopic (exact) mass is 361 g/mol. The number of halogens is 3. The molecule has 1 aromatic carbocycles. The molecule has 1 aliphatic carbocycles. The third-order valence-electron chi connectivity index (χ3n) is 4.08. The molecule has 1 aliphatic rings. The van der Waals surface area contributed by atoms with Crippen molar-refractivity contribution in [1.29, 1.82) is 0 Å². The van der Waals surface area contributed by atoms with Crippen LogP contribution in [0, 0.1) is 0 Å². The highest BCUT2D eigenvalue weighted by molar-refractivity contribution is 6.29. The number of pyridine rings is 2. The van der Waals surface area contributed by atoms with Crippen molar-refractivity contribution in [3.63, 3.8) is 0 Å². The molecule has 25 heavy (non-hydrogen) atoms. The second-order valence-corrected chi connectivity index (χ2v) is 6.43. The summed E-state index contributed by atoms with van der Waals surface area (Å²) in [6, 6.07) is 10.8. The van der Waals surface area contributed by atoms with Gasteiger partial charge in [0.25, 0.3) is 5.92 Å². The van der Waals surface area contributed by atoms with Crippen molar-refractivity contribution in [2.45, 2.75) is 24.9 Å². The normalized spacial score (nSPS) is 16.4. The predicted molar refractivity (Wildman–Crippen MR) is 92.9 cm³/mol. The summed E-state index contributed by atoms with van der Waals surface area (Å²) in [6.45, 7) is 0. The van der Waals surface area contributed by atoms with Crippen molar-refractivity contribution in [2.75, 3.05) is 5.32 Å². The van der Waals surface area contributed by atoms with E-state index in [1.54, 1.807) is 24.5 Å². The van der Waals surface area contributed by atoms with E-state index < -0.39 is 12.0 Å². The molecule has 0 unspecified atom stereocenters. The van der Waals surface area contributed by atoms with E-state index in [1.807, 2.05) is 24.3 Å². The van der Waals surface area contributed by atoms with Crippen LogP contribution in [0.1, 0.15) is 12.8 Å². The summed E-state index contributed by atoms with van der Waals surface area (Å²) in [4.78, 5) is 8.37. The quantitative estimate of drug-likeness (QED) is 0.648. The van der Waals surface area contributed by atoms with E-state index in [2.05, 4.69) is 15.3 Å². The molecule has 1 saturated carbocycles. The number of fused-ring (bicyclic) bond motifs is 1. The van der Waals surface area contributed by atoms with E-state index in [1.165, 1.54) is 0 Å². The molecule has 0 amide bonds. The molecule has 1 N–H and O–H groups in total. The number of rotatable bonds is 4. The van der Waals surface area contributed by atoms with Crippen LogP contribution >= 0.6 is 11.6 Å². The highest BCUT2D eigenvalue weighted by atomic mass is 35.5. The van der Waals surface area contributed by atoms with Crippen LogP contribution < -0.4 is 10.1 Å². The van der Waals surface area contributed by atoms with Crippen LogP contribution in [0.5, 0.6) is 5.75 Å². The minimum Gasteiger partial charge on any atom is -0.490 e. The van der Waals surface area contributed by atoms with E-state index in [9.17, 15) is 8.78 Å². The Bertz CT molecular complexity index is 910. The van der Waals surface area contributed by atoms with Gasteiger partial charge in [-0.2, -0.15) is 0 Å². The van der Waals surface area contributed by atoms with Gasteiger partial charge in [-0.3, -0.25) is 0 Å². The summed E-state index contributed by atoms with van der Waals surface area (Å²) in [5, 5.41) is 5.41. The van der Waals surface area contributed by atoms with E-state index in [-0.39, 0.29) is 12.8 Å². The zero-order chi connectivity index (χ0) is 17.4. The van der Waals surface area contributed by atoms with Gasteiger partial charge in [0, 0.05) is 24.4 Å². The molecule has 0 atom stereocenters. The Morgan fingerprint density at radius 2 is 1.96 bits per heavy atom. The van der Waals surface area contributed by atoms with Gasteiger partial charge in [-0.05, 0) is 41.8 Å². The highest BCUT2D eigenvalue weighted by Crippen LogP contribution is 2.40. The van der Waals surface area contributed by atoms with Gasteiger partial charge in [0.1, 0.15) is 22.8 Å². The maximum Gasteiger partial charge on any atom is 0.255 e. The molecule has 0 aliphatic heterocycles. The first kappa shape index (κ1) is 16.0. The lowest BCUT2D eigenvalue weighted by atomic mass is 9.91. The van der Waals surface area contributed by atoms with E-state index in [4.69, 9.17) is 16.3 Å². The average Bonchev–Trinajstić information content (AvgIpc) is 2.55. The Labute approximate surface area is 147 Å². The summed E-state index contributed by atoms with van der Waals surface area (Å²) in [7, 11) is 0. The molecule has 4 rings (SSSR count). The third kappa shape index (κ3) is 3.49. The van der Waals surface area contributed by atoms with E-state index in [0.717, 1.165) is 16.5 Å². The van der Waals surface area contributed by atoms with Crippen LogP contribution in [0.15, 0.2) is 48.8 Å². The largest absolute Gasteiger partial charge is 0.490 e. The Kier molecular flexibility index (Phi) is 3.92. The number of aromatic nitrogens is 2. The summed E-state index contributed by atoms with van der Waals surface area (Å²) < 4.78 is 31.5. The zero-order valence-corrected chi connectivity index (χ0v) is 13.8. The first-order valence-electron chi connectivity index (χ1n) is 7.80. The molecule has 2 aromatic heterocycles. The number of hydrogen-bond acceptors (Lipinski definition) is 4. The SMILES string of the molecule is FC1(F)CC(Oc2ccc3c(Nc4ccc(Cl)nc4)nccc3c2)C1. The number of nitrogens with zero attached hydrogens (tertiary/aromatic N) is 2. The fourth-order valence-electron chi connectivity index (χ4n) is 2.80. The second kappa shape index (κ2) is 6.11. The maximum atomic E-state index is 12.9. The Morgan fingerprint density at radius 3 is 2.68 bits per heavy atom. The maximum absolute atomic E-state index is 12.9. The molecule has 7 heteroatoms. The number of benzene rings is 1. The first-order chi connectivity index (χ1) is 12.0. The number of anilines is 2. The molecular formula is C18H14ClF2N3O. The molecule has 0 bridgehead atoms. The van der Waals surface area contributed by atoms with Crippen LogP contribution in [0.3, 0.4) is 0 Å². The van der Waals surface area contributed by atoms with Gasteiger partial charge >= 0.3 is 0 Å². The topological polar surface area (TPSA) is 47.0 Å². The molecular weight excluding hydrogens is 348 g/mol. The summed E-state index contributed by atoms with van der Waals surface area (Å²) in [6.07, 6.45) is 2.43. The van der Waals surface area contributed by atoms with Crippen molar-refractivity contribution in [2.24, 2.45) is 0 Å². The smallest absolute Gasteiger partial charge is 0.255 e. The lowest BCUT2D eigenvalue weighted by Gasteiger charge is -2.34. The number of hydrogen-bond donors (Lipinski definition) is 1. The Hall–Kier alpha value is -2.47. The van der Waals surface area contributed by atoms with Gasteiger partial charge < -0.3 is 10.1 Å². The number of nitrogens with one attached hydrogen (secondary N) is 1. The minimum absolute atomic E-state index is 0.224. The van der Waals surface area contributed by atoms with Crippen molar-refractivity contribution in [1.82, 2.24) is 9.97 Å². The summed E-state index contributed by atoms with van der Waals surface area (Å²) in [5.41, 5.74) is 0.765. The predicted octanol–water partition coefficient (Wildman–Crippen LogP) is 5.20. The highest BCUT2D eigenvalue weighted by Gasteiger charge is 2.46. The standard InChI is InChI=1S/C18H14ClF2N3O/c19-16-4-1-12(10-23-16)24-17-15-3-2-13(7-11(15)5-6-22-17)25-14-8-18(20,21)9-14/h1-7,10,14H,8-9H2,(H,22,24). The van der Waals surface area contributed by atoms with E-state index >= 15 is 0 Å². The van der Waals surface area contributed by atoms with Gasteiger partial charge in [0.2, 0.25) is 0 Å². The molecule has 3 aromatic rings. The molecule has 4 nitrogen and oxygen atoms in total. The van der Waals surface area contributed by atoms with Gasteiger partial charge in [0.15, 0.2) is 0 Å². The van der Waals surface area contributed by atoms with Crippen molar-refractivity contribution in [3.8, 4) is 5.75 Å². The van der Waals surface area contributed by atoms with Crippen molar-refractivity contribution >= 4 is 33.9 Å².